The Morgan fingerprint density at radius 1 is 1.25 bits per heavy atom. The van der Waals surface area contributed by atoms with Crippen molar-refractivity contribution in [2.45, 2.75) is 40.0 Å². The highest BCUT2D eigenvalue weighted by atomic mass is 16.7. The van der Waals surface area contributed by atoms with Gasteiger partial charge in [-0.25, -0.2) is 0 Å². The fourth-order valence-corrected chi connectivity index (χ4v) is 1.12. The number of hydrogen-bond donors (Lipinski definition) is 2. The number of carbonyl (C=O) groups is 1. The van der Waals surface area contributed by atoms with Crippen molar-refractivity contribution in [3.05, 3.63) is 0 Å². The zero-order valence-electron chi connectivity index (χ0n) is 10.7. The van der Waals surface area contributed by atoms with Gasteiger partial charge in [-0.15, -0.1) is 0 Å². The van der Waals surface area contributed by atoms with Gasteiger partial charge >= 0.3 is 0 Å². The van der Waals surface area contributed by atoms with Crippen LogP contribution in [0.15, 0.2) is 0 Å². The molecule has 0 aromatic carbocycles. The quantitative estimate of drug-likeness (QED) is 0.597. The molecule has 16 heavy (non-hydrogen) atoms. The molecule has 0 aliphatic heterocycles. The lowest BCUT2D eigenvalue weighted by atomic mass is 10.0. The van der Waals surface area contributed by atoms with E-state index in [0.717, 1.165) is 0 Å². The van der Waals surface area contributed by atoms with Crippen molar-refractivity contribution in [3.8, 4) is 0 Å². The molecule has 96 valence electrons. The molecule has 0 aliphatic rings. The standard InChI is InChI=1S/C11H24N2O3/c1-5-15-10(16-6-2)7-13-11(14)8(3)9(4)12/h8-10H,5-7,12H2,1-4H3,(H,13,14). The molecule has 3 N–H and O–H groups in total. The largest absolute Gasteiger partial charge is 0.351 e. The Balaban J connectivity index is 3.94. The van der Waals surface area contributed by atoms with Crippen molar-refractivity contribution in [2.75, 3.05) is 19.8 Å². The van der Waals surface area contributed by atoms with Gasteiger partial charge in [0.05, 0.1) is 6.54 Å². The third-order valence-electron chi connectivity index (χ3n) is 2.35. The summed E-state index contributed by atoms with van der Waals surface area (Å²) in [6.07, 6.45) is -0.376. The first kappa shape index (κ1) is 15.3. The number of hydrogen-bond acceptors (Lipinski definition) is 4. The van der Waals surface area contributed by atoms with E-state index in [9.17, 15) is 4.79 Å². The Kier molecular flexibility index (Phi) is 8.15. The van der Waals surface area contributed by atoms with Gasteiger partial charge in [-0.05, 0) is 20.8 Å². The Morgan fingerprint density at radius 2 is 1.75 bits per heavy atom. The van der Waals surface area contributed by atoms with Crippen LogP contribution in [0.25, 0.3) is 0 Å². The number of amides is 1. The summed E-state index contributed by atoms with van der Waals surface area (Å²) in [7, 11) is 0. The number of nitrogens with two attached hydrogens (primary N) is 1. The minimum absolute atomic E-state index is 0.0700. The second-order valence-corrected chi connectivity index (χ2v) is 3.73. The van der Waals surface area contributed by atoms with Crippen molar-refractivity contribution in [2.24, 2.45) is 11.7 Å². The van der Waals surface area contributed by atoms with Crippen LogP contribution in [-0.4, -0.2) is 38.0 Å². The van der Waals surface area contributed by atoms with Gasteiger partial charge in [-0.3, -0.25) is 4.79 Å². The molecule has 0 aliphatic carbocycles. The maximum Gasteiger partial charge on any atom is 0.224 e. The van der Waals surface area contributed by atoms with Crippen LogP contribution >= 0.6 is 0 Å². The average Bonchev–Trinajstić information content (AvgIpc) is 2.24. The molecule has 2 unspecified atom stereocenters. The van der Waals surface area contributed by atoms with Crippen molar-refractivity contribution in [1.82, 2.24) is 5.32 Å². The smallest absolute Gasteiger partial charge is 0.224 e. The van der Waals surface area contributed by atoms with Crippen LogP contribution in [0.4, 0.5) is 0 Å². The molecular formula is C11H24N2O3. The van der Waals surface area contributed by atoms with Gasteiger partial charge in [-0.2, -0.15) is 0 Å². The van der Waals surface area contributed by atoms with E-state index in [-0.39, 0.29) is 24.2 Å². The number of rotatable bonds is 8. The van der Waals surface area contributed by atoms with Crippen molar-refractivity contribution < 1.29 is 14.3 Å². The lowest BCUT2D eigenvalue weighted by Gasteiger charge is -2.20. The first-order valence-corrected chi connectivity index (χ1v) is 5.79. The van der Waals surface area contributed by atoms with E-state index in [1.807, 2.05) is 20.8 Å². The summed E-state index contributed by atoms with van der Waals surface area (Å²) < 4.78 is 10.6. The zero-order valence-corrected chi connectivity index (χ0v) is 10.7. The van der Waals surface area contributed by atoms with E-state index in [1.165, 1.54) is 0 Å². The van der Waals surface area contributed by atoms with E-state index in [0.29, 0.717) is 19.8 Å². The molecular weight excluding hydrogens is 208 g/mol. The van der Waals surface area contributed by atoms with Crippen molar-refractivity contribution in [1.29, 1.82) is 0 Å². The predicted octanol–water partition coefficient (Wildman–Crippen LogP) is 0.485. The lowest BCUT2D eigenvalue weighted by molar-refractivity contribution is -0.142. The van der Waals surface area contributed by atoms with E-state index in [4.69, 9.17) is 15.2 Å². The molecule has 0 heterocycles. The molecule has 0 fully saturated rings. The highest BCUT2D eigenvalue weighted by Gasteiger charge is 2.18. The van der Waals surface area contributed by atoms with Gasteiger partial charge in [0, 0.05) is 25.2 Å². The Labute approximate surface area is 97.7 Å². The van der Waals surface area contributed by atoms with E-state index in [2.05, 4.69) is 5.32 Å². The lowest BCUT2D eigenvalue weighted by Crippen LogP contribution is -2.42. The van der Waals surface area contributed by atoms with Crippen LogP contribution in [0.5, 0.6) is 0 Å². The molecule has 0 saturated carbocycles. The topological polar surface area (TPSA) is 73.6 Å². The minimum Gasteiger partial charge on any atom is -0.351 e. The maximum absolute atomic E-state index is 11.6. The predicted molar refractivity (Wildman–Crippen MR) is 62.9 cm³/mol. The maximum atomic E-state index is 11.6. The van der Waals surface area contributed by atoms with Gasteiger partial charge in [0.15, 0.2) is 6.29 Å². The monoisotopic (exact) mass is 232 g/mol. The first-order valence-electron chi connectivity index (χ1n) is 5.79. The summed E-state index contributed by atoms with van der Waals surface area (Å²) in [5.74, 6) is -0.275. The highest BCUT2D eigenvalue weighted by Crippen LogP contribution is 2.00. The normalized spacial score (nSPS) is 14.9. The van der Waals surface area contributed by atoms with Crippen LogP contribution < -0.4 is 11.1 Å². The summed E-state index contributed by atoms with van der Waals surface area (Å²) in [6, 6.07) is -0.155. The molecule has 0 saturated heterocycles. The third-order valence-corrected chi connectivity index (χ3v) is 2.35. The summed E-state index contributed by atoms with van der Waals surface area (Å²) in [5.41, 5.74) is 5.64. The van der Waals surface area contributed by atoms with Crippen molar-refractivity contribution in [3.63, 3.8) is 0 Å². The number of carbonyl (C=O) groups excluding carboxylic acids is 1. The molecule has 0 aromatic rings. The second-order valence-electron chi connectivity index (χ2n) is 3.73. The Hall–Kier alpha value is -0.650. The summed E-state index contributed by atoms with van der Waals surface area (Å²) >= 11 is 0. The number of nitrogens with one attached hydrogen (secondary N) is 1. The molecule has 0 bridgehead atoms. The van der Waals surface area contributed by atoms with Crippen LogP contribution in [-0.2, 0) is 14.3 Å². The van der Waals surface area contributed by atoms with E-state index in [1.54, 1.807) is 6.92 Å². The highest BCUT2D eigenvalue weighted by molar-refractivity contribution is 5.78. The summed E-state index contributed by atoms with van der Waals surface area (Å²) in [6.45, 7) is 8.87. The van der Waals surface area contributed by atoms with E-state index < -0.39 is 0 Å². The molecule has 0 aromatic heterocycles. The van der Waals surface area contributed by atoms with Gasteiger partial charge in [0.25, 0.3) is 0 Å². The van der Waals surface area contributed by atoms with Gasteiger partial charge in [0.2, 0.25) is 5.91 Å². The number of ether oxygens (including phenoxy) is 2. The van der Waals surface area contributed by atoms with E-state index >= 15 is 0 Å². The fourth-order valence-electron chi connectivity index (χ4n) is 1.12. The van der Waals surface area contributed by atoms with Crippen LogP contribution in [0.1, 0.15) is 27.7 Å². The summed E-state index contributed by atoms with van der Waals surface area (Å²) in [4.78, 5) is 11.6. The summed E-state index contributed by atoms with van der Waals surface area (Å²) in [5, 5.41) is 2.76. The third kappa shape index (κ3) is 6.05. The zero-order chi connectivity index (χ0) is 12.6. The Morgan fingerprint density at radius 3 is 2.12 bits per heavy atom. The van der Waals surface area contributed by atoms with Gasteiger partial charge in [0.1, 0.15) is 0 Å². The van der Waals surface area contributed by atoms with Crippen LogP contribution in [0.3, 0.4) is 0 Å². The van der Waals surface area contributed by atoms with Crippen molar-refractivity contribution >= 4 is 5.91 Å². The molecule has 0 radical (unpaired) electrons. The molecule has 1 amide bonds. The minimum atomic E-state index is -0.376. The first-order chi connectivity index (χ1) is 7.52. The molecule has 5 nitrogen and oxygen atoms in total. The fraction of sp³-hybridized carbons (Fsp3) is 0.909. The second kappa shape index (κ2) is 8.50. The molecule has 5 heteroatoms. The average molecular weight is 232 g/mol. The van der Waals surface area contributed by atoms with Gasteiger partial charge < -0.3 is 20.5 Å². The van der Waals surface area contributed by atoms with Gasteiger partial charge in [-0.1, -0.05) is 6.92 Å². The molecule has 0 spiro atoms. The SMILES string of the molecule is CCOC(CNC(=O)C(C)C(C)N)OCC. The van der Waals surface area contributed by atoms with Crippen LogP contribution in [0, 0.1) is 5.92 Å². The van der Waals surface area contributed by atoms with Crippen LogP contribution in [0.2, 0.25) is 0 Å². The molecule has 0 rings (SSSR count). The Bertz CT molecular complexity index is 192. The molecule has 2 atom stereocenters.